The number of benzene rings is 1. The summed E-state index contributed by atoms with van der Waals surface area (Å²) < 4.78 is 0. The molecule has 0 radical (unpaired) electrons. The van der Waals surface area contributed by atoms with Crippen molar-refractivity contribution in [2.24, 2.45) is 5.73 Å². The third kappa shape index (κ3) is 5.07. The molecule has 0 aliphatic rings. The average Bonchev–Trinajstić information content (AvgIpc) is 2.34. The van der Waals surface area contributed by atoms with Crippen molar-refractivity contribution in [1.82, 2.24) is 4.90 Å². The molecule has 0 bridgehead atoms. The molecule has 1 aromatic rings. The van der Waals surface area contributed by atoms with Crippen LogP contribution in [0, 0.1) is 6.92 Å². The van der Waals surface area contributed by atoms with Gasteiger partial charge in [-0.15, -0.1) is 0 Å². The molecule has 0 heterocycles. The van der Waals surface area contributed by atoms with Crippen LogP contribution in [0.2, 0.25) is 0 Å². The van der Waals surface area contributed by atoms with Crippen molar-refractivity contribution < 1.29 is 0 Å². The largest absolute Gasteiger partial charge is 0.371 e. The minimum absolute atomic E-state index is 0.760. The summed E-state index contributed by atoms with van der Waals surface area (Å²) in [5.41, 5.74) is 8.33. The van der Waals surface area contributed by atoms with Crippen molar-refractivity contribution in [3.63, 3.8) is 0 Å². The fourth-order valence-corrected chi connectivity index (χ4v) is 2.13. The lowest BCUT2D eigenvalue weighted by Gasteiger charge is -2.27. The van der Waals surface area contributed by atoms with E-state index < -0.39 is 0 Å². The molecular formula is C15H27N3. The van der Waals surface area contributed by atoms with Gasteiger partial charge in [0.25, 0.3) is 0 Å². The number of nitrogens with zero attached hydrogens (tertiary/aromatic N) is 2. The van der Waals surface area contributed by atoms with Gasteiger partial charge in [-0.1, -0.05) is 18.2 Å². The molecule has 0 fully saturated rings. The average molecular weight is 249 g/mol. The van der Waals surface area contributed by atoms with Crippen molar-refractivity contribution in [1.29, 1.82) is 0 Å². The van der Waals surface area contributed by atoms with Gasteiger partial charge in [-0.25, -0.2) is 0 Å². The van der Waals surface area contributed by atoms with E-state index in [2.05, 4.69) is 55.1 Å². The number of hydrogen-bond acceptors (Lipinski definition) is 3. The molecule has 0 aromatic heterocycles. The highest BCUT2D eigenvalue weighted by Crippen LogP contribution is 2.19. The molecule has 0 unspecified atom stereocenters. The first-order valence-corrected chi connectivity index (χ1v) is 6.80. The van der Waals surface area contributed by atoms with Crippen molar-refractivity contribution in [2.75, 3.05) is 45.2 Å². The van der Waals surface area contributed by atoms with Crippen molar-refractivity contribution in [3.05, 3.63) is 29.8 Å². The Morgan fingerprint density at radius 1 is 1.00 bits per heavy atom. The lowest BCUT2D eigenvalue weighted by molar-refractivity contribution is 0.400. The molecule has 0 aliphatic heterocycles. The summed E-state index contributed by atoms with van der Waals surface area (Å²) in [4.78, 5) is 4.70. The minimum Gasteiger partial charge on any atom is -0.371 e. The minimum atomic E-state index is 0.760. The molecule has 3 heteroatoms. The van der Waals surface area contributed by atoms with Crippen LogP contribution in [0.3, 0.4) is 0 Å². The van der Waals surface area contributed by atoms with Crippen LogP contribution in [0.25, 0.3) is 0 Å². The van der Waals surface area contributed by atoms with Gasteiger partial charge >= 0.3 is 0 Å². The summed E-state index contributed by atoms with van der Waals surface area (Å²) in [6, 6.07) is 8.60. The monoisotopic (exact) mass is 249 g/mol. The van der Waals surface area contributed by atoms with E-state index in [0.29, 0.717) is 0 Å². The third-order valence-corrected chi connectivity index (χ3v) is 3.12. The van der Waals surface area contributed by atoms with E-state index in [0.717, 1.165) is 32.6 Å². The molecule has 0 spiro atoms. The number of para-hydroxylation sites is 1. The predicted molar refractivity (Wildman–Crippen MR) is 80.2 cm³/mol. The zero-order valence-electron chi connectivity index (χ0n) is 12.0. The van der Waals surface area contributed by atoms with Crippen molar-refractivity contribution in [3.8, 4) is 0 Å². The lowest BCUT2D eigenvalue weighted by Crippen LogP contribution is -2.30. The molecule has 3 nitrogen and oxygen atoms in total. The van der Waals surface area contributed by atoms with Gasteiger partial charge in [-0.3, -0.25) is 0 Å². The number of hydrogen-bond donors (Lipinski definition) is 1. The van der Waals surface area contributed by atoms with Crippen LogP contribution in [0.1, 0.15) is 18.4 Å². The van der Waals surface area contributed by atoms with Gasteiger partial charge in [-0.2, -0.15) is 0 Å². The Morgan fingerprint density at radius 2 is 1.67 bits per heavy atom. The van der Waals surface area contributed by atoms with Crippen LogP contribution in [-0.4, -0.2) is 45.2 Å². The molecule has 0 saturated carbocycles. The zero-order chi connectivity index (χ0) is 13.4. The van der Waals surface area contributed by atoms with Crippen LogP contribution in [-0.2, 0) is 0 Å². The summed E-state index contributed by atoms with van der Waals surface area (Å²) in [7, 11) is 4.25. The van der Waals surface area contributed by atoms with Crippen LogP contribution in [0.5, 0.6) is 0 Å². The molecule has 2 N–H and O–H groups in total. The number of nitrogens with two attached hydrogens (primary N) is 1. The van der Waals surface area contributed by atoms with Crippen LogP contribution in [0.4, 0.5) is 5.69 Å². The van der Waals surface area contributed by atoms with Gasteiger partial charge in [-0.05, 0) is 58.6 Å². The van der Waals surface area contributed by atoms with Gasteiger partial charge in [0, 0.05) is 18.8 Å². The van der Waals surface area contributed by atoms with E-state index in [1.165, 1.54) is 17.7 Å². The highest BCUT2D eigenvalue weighted by molar-refractivity contribution is 5.52. The standard InChI is InChI=1S/C15H27N3/c1-14-8-4-5-9-15(14)18(12-6-10-16)13-7-11-17(2)3/h4-5,8-9H,6-7,10-13,16H2,1-3H3. The van der Waals surface area contributed by atoms with Gasteiger partial charge in [0.1, 0.15) is 0 Å². The molecule has 1 rings (SSSR count). The van der Waals surface area contributed by atoms with E-state index >= 15 is 0 Å². The van der Waals surface area contributed by atoms with E-state index in [1.807, 2.05) is 0 Å². The maximum Gasteiger partial charge on any atom is 0.0395 e. The Bertz CT molecular complexity index is 336. The first kappa shape index (κ1) is 15.0. The molecule has 0 aliphatic carbocycles. The highest BCUT2D eigenvalue weighted by atomic mass is 15.1. The Morgan fingerprint density at radius 3 is 2.28 bits per heavy atom. The van der Waals surface area contributed by atoms with E-state index in [4.69, 9.17) is 5.73 Å². The predicted octanol–water partition coefficient (Wildman–Crippen LogP) is 2.10. The van der Waals surface area contributed by atoms with Gasteiger partial charge < -0.3 is 15.5 Å². The summed E-state index contributed by atoms with van der Waals surface area (Å²) in [6.45, 7) is 6.22. The number of rotatable bonds is 8. The van der Waals surface area contributed by atoms with E-state index in [9.17, 15) is 0 Å². The zero-order valence-corrected chi connectivity index (χ0v) is 12.0. The SMILES string of the molecule is Cc1ccccc1N(CCCN)CCCN(C)C. The smallest absolute Gasteiger partial charge is 0.0395 e. The maximum absolute atomic E-state index is 5.63. The molecule has 0 saturated heterocycles. The number of anilines is 1. The first-order chi connectivity index (χ1) is 8.65. The lowest BCUT2D eigenvalue weighted by atomic mass is 10.1. The summed E-state index contributed by atoms with van der Waals surface area (Å²) >= 11 is 0. The Labute approximate surface area is 112 Å². The molecular weight excluding hydrogens is 222 g/mol. The van der Waals surface area contributed by atoms with Crippen LogP contribution < -0.4 is 10.6 Å². The van der Waals surface area contributed by atoms with Gasteiger partial charge in [0.05, 0.1) is 0 Å². The van der Waals surface area contributed by atoms with Crippen molar-refractivity contribution in [2.45, 2.75) is 19.8 Å². The maximum atomic E-state index is 5.63. The molecule has 102 valence electrons. The molecule has 0 atom stereocenters. The molecule has 18 heavy (non-hydrogen) atoms. The molecule has 1 aromatic carbocycles. The third-order valence-electron chi connectivity index (χ3n) is 3.12. The topological polar surface area (TPSA) is 32.5 Å². The molecule has 0 amide bonds. The second-order valence-corrected chi connectivity index (χ2v) is 5.07. The number of aryl methyl sites for hydroxylation is 1. The highest BCUT2D eigenvalue weighted by Gasteiger charge is 2.08. The second kappa shape index (κ2) is 8.11. The normalized spacial score (nSPS) is 10.9. The van der Waals surface area contributed by atoms with Crippen LogP contribution in [0.15, 0.2) is 24.3 Å². The fraction of sp³-hybridized carbons (Fsp3) is 0.600. The van der Waals surface area contributed by atoms with Gasteiger partial charge in [0.15, 0.2) is 0 Å². The van der Waals surface area contributed by atoms with Gasteiger partial charge in [0.2, 0.25) is 0 Å². The fourth-order valence-electron chi connectivity index (χ4n) is 2.13. The van der Waals surface area contributed by atoms with Crippen molar-refractivity contribution >= 4 is 5.69 Å². The Balaban J connectivity index is 2.62. The van der Waals surface area contributed by atoms with Crippen LogP contribution >= 0.6 is 0 Å². The first-order valence-electron chi connectivity index (χ1n) is 6.80. The van der Waals surface area contributed by atoms with E-state index in [-0.39, 0.29) is 0 Å². The Hall–Kier alpha value is -1.06. The quantitative estimate of drug-likeness (QED) is 0.766. The van der Waals surface area contributed by atoms with E-state index in [1.54, 1.807) is 0 Å². The summed E-state index contributed by atoms with van der Waals surface area (Å²) in [5.74, 6) is 0. The second-order valence-electron chi connectivity index (χ2n) is 5.07. The Kier molecular flexibility index (Phi) is 6.76. The summed E-state index contributed by atoms with van der Waals surface area (Å²) in [5, 5.41) is 0. The summed E-state index contributed by atoms with van der Waals surface area (Å²) in [6.07, 6.45) is 2.24.